The molecule has 6 nitrogen and oxygen atoms in total. The second kappa shape index (κ2) is 14.2. The third-order valence-electron chi connectivity index (χ3n) is 8.46. The van der Waals surface area contributed by atoms with Crippen molar-refractivity contribution in [1.29, 1.82) is 0 Å². The van der Waals surface area contributed by atoms with Gasteiger partial charge in [0.05, 0.1) is 6.61 Å². The number of fused-ring (bicyclic) bond motifs is 6. The number of halogens is 3. The highest BCUT2D eigenvalue weighted by Gasteiger charge is 2.38. The molecule has 0 bridgehead atoms. The van der Waals surface area contributed by atoms with E-state index < -0.39 is 15.6 Å². The van der Waals surface area contributed by atoms with Crippen LogP contribution in [0.2, 0.25) is 0 Å². The van der Waals surface area contributed by atoms with Gasteiger partial charge in [-0.25, -0.2) is 8.42 Å². The van der Waals surface area contributed by atoms with Gasteiger partial charge in [0.1, 0.15) is 6.54 Å². The van der Waals surface area contributed by atoms with E-state index in [2.05, 4.69) is 83.4 Å². The minimum atomic E-state index is -6.09. The Morgan fingerprint density at radius 3 is 1.78 bits per heavy atom. The molecular weight excluding hydrogens is 615 g/mol. The molecule has 242 valence electrons. The quantitative estimate of drug-likeness (QED) is 0.0654. The number of hydrogen-bond donors (Lipinski definition) is 0. The molecule has 0 atom stereocenters. The van der Waals surface area contributed by atoms with Crippen molar-refractivity contribution < 1.29 is 40.2 Å². The van der Waals surface area contributed by atoms with Crippen LogP contribution in [0.5, 0.6) is 0 Å². The number of pyridine rings is 1. The van der Waals surface area contributed by atoms with Gasteiger partial charge in [-0.1, -0.05) is 66.7 Å². The molecule has 2 aliphatic rings. The third-order valence-corrected chi connectivity index (χ3v) is 9.03. The number of aryl methyl sites for hydroxylation is 2. The third kappa shape index (κ3) is 7.18. The maximum absolute atomic E-state index is 11.9. The number of unbranched alkanes of at least 4 members (excludes halogenated alkanes) is 2. The van der Waals surface area contributed by atoms with Gasteiger partial charge in [0.25, 0.3) is 0 Å². The molecule has 0 spiro atoms. The number of benzene rings is 3. The minimum absolute atomic E-state index is 0.0787. The van der Waals surface area contributed by atoms with Crippen LogP contribution in [0.15, 0.2) is 78.9 Å². The van der Waals surface area contributed by atoms with Crippen molar-refractivity contribution in [3.8, 4) is 33.6 Å². The molecule has 1 heterocycles. The summed E-state index contributed by atoms with van der Waals surface area (Å²) in [6, 6.07) is 29.0. The number of hydrogen-bond acceptors (Lipinski definition) is 5. The maximum atomic E-state index is 11.9. The predicted octanol–water partition coefficient (Wildman–Crippen LogP) is 7.35. The van der Waals surface area contributed by atoms with Crippen molar-refractivity contribution in [1.82, 2.24) is 0 Å². The van der Waals surface area contributed by atoms with Crippen LogP contribution in [-0.2, 0) is 51.9 Å². The lowest BCUT2D eigenvalue weighted by Gasteiger charge is -2.28. The van der Waals surface area contributed by atoms with Crippen LogP contribution < -0.4 is 4.57 Å². The van der Waals surface area contributed by atoms with Gasteiger partial charge in [0.15, 0.2) is 10.1 Å². The maximum Gasteiger partial charge on any atom is 0.485 e. The van der Waals surface area contributed by atoms with E-state index >= 15 is 0 Å². The summed E-state index contributed by atoms with van der Waals surface area (Å²) >= 11 is 0. The number of carbonyl (C=O) groups is 1. The fourth-order valence-corrected chi connectivity index (χ4v) is 6.54. The first-order valence-electron chi connectivity index (χ1n) is 15.5. The molecule has 10 heteroatoms. The van der Waals surface area contributed by atoms with Crippen molar-refractivity contribution in [3.63, 3.8) is 0 Å². The van der Waals surface area contributed by atoms with Crippen LogP contribution in [0.25, 0.3) is 33.6 Å². The Morgan fingerprint density at radius 1 is 0.783 bits per heavy atom. The highest BCUT2D eigenvalue weighted by atomic mass is 32.2. The molecule has 0 fully saturated rings. The van der Waals surface area contributed by atoms with Gasteiger partial charge in [-0.05, 0) is 74.3 Å². The fourth-order valence-electron chi connectivity index (χ4n) is 6.54. The molecule has 1 aromatic heterocycles. The first-order chi connectivity index (χ1) is 22.0. The van der Waals surface area contributed by atoms with E-state index in [4.69, 9.17) is 17.7 Å². The largest absolute Gasteiger partial charge is 0.741 e. The normalized spacial score (nSPS) is 13.3. The molecule has 0 N–H and O–H groups in total. The second-order valence-corrected chi connectivity index (χ2v) is 12.7. The Hall–Kier alpha value is -4.02. The molecule has 0 aliphatic heterocycles. The van der Waals surface area contributed by atoms with Crippen LogP contribution in [0.1, 0.15) is 54.9 Å². The number of alkyl halides is 3. The van der Waals surface area contributed by atoms with Gasteiger partial charge in [0, 0.05) is 40.7 Å². The predicted molar refractivity (Wildman–Crippen MR) is 169 cm³/mol. The molecular formula is C36H36F3NO5S. The summed E-state index contributed by atoms with van der Waals surface area (Å²) in [4.78, 5) is 11.9. The summed E-state index contributed by atoms with van der Waals surface area (Å²) in [6.45, 7) is 3.28. The van der Waals surface area contributed by atoms with E-state index in [1.165, 1.54) is 55.9 Å². The van der Waals surface area contributed by atoms with Crippen LogP contribution in [0.4, 0.5) is 13.2 Å². The Morgan fingerprint density at radius 2 is 1.28 bits per heavy atom. The molecule has 6 rings (SSSR count). The highest BCUT2D eigenvalue weighted by Crippen LogP contribution is 2.44. The Labute approximate surface area is 267 Å². The topological polar surface area (TPSA) is 87.4 Å². The summed E-state index contributed by atoms with van der Waals surface area (Å²) in [5.74, 6) is -0.0787. The lowest BCUT2D eigenvalue weighted by Crippen LogP contribution is -2.43. The second-order valence-electron chi connectivity index (χ2n) is 11.4. The summed E-state index contributed by atoms with van der Waals surface area (Å²) < 4.78 is 66.7. The fraction of sp³-hybridized carbons (Fsp3) is 0.333. The van der Waals surface area contributed by atoms with E-state index in [1.807, 2.05) is 6.92 Å². The summed E-state index contributed by atoms with van der Waals surface area (Å²) in [5.41, 5.74) is 8.58. The summed E-state index contributed by atoms with van der Waals surface area (Å²) in [6.07, 6.45) is 7.72. The number of nitrogens with zero attached hydrogens (tertiary/aromatic N) is 1. The number of rotatable bonds is 8. The Kier molecular flexibility index (Phi) is 10.3. The van der Waals surface area contributed by atoms with Gasteiger partial charge in [-0.15, -0.1) is 0 Å². The zero-order valence-corrected chi connectivity index (χ0v) is 26.4. The molecule has 46 heavy (non-hydrogen) atoms. The van der Waals surface area contributed by atoms with Crippen molar-refractivity contribution in [2.24, 2.45) is 0 Å². The van der Waals surface area contributed by atoms with Crippen molar-refractivity contribution in [3.05, 3.63) is 101 Å². The first-order valence-corrected chi connectivity index (χ1v) is 16.9. The summed E-state index contributed by atoms with van der Waals surface area (Å²) in [5, 5.41) is 0. The smallest absolute Gasteiger partial charge is 0.485 e. The van der Waals surface area contributed by atoms with Crippen molar-refractivity contribution >= 4 is 16.1 Å². The van der Waals surface area contributed by atoms with Gasteiger partial charge < -0.3 is 9.29 Å². The van der Waals surface area contributed by atoms with E-state index in [0.717, 1.165) is 51.5 Å². The molecule has 0 saturated heterocycles. The lowest BCUT2D eigenvalue weighted by molar-refractivity contribution is -0.676. The molecule has 4 aromatic rings. The van der Waals surface area contributed by atoms with Crippen LogP contribution in [0.3, 0.4) is 0 Å². The summed E-state index contributed by atoms with van der Waals surface area (Å²) in [7, 11) is -6.09. The van der Waals surface area contributed by atoms with Crippen LogP contribution in [0, 0.1) is 0 Å². The number of carbonyl (C=O) groups excluding carboxylic acids is 1. The standard InChI is InChI=1S/C35H36NO2.CHF3O3S/c1-2-38-32(37)19-7-4-12-24-36-34-28-17-10-8-13-25(28)20-22-30(34)33(27-15-5-3-6-16-27)31-23-21-26-14-9-11-18-29(26)35(31)36;2-1(3,4)8(5,6)7/h3,5-6,8-11,13-18H,2,4,7,12,19-24H2,1H3;(H,5,6,7)/q+1;/p-1. The van der Waals surface area contributed by atoms with Gasteiger partial charge >= 0.3 is 11.5 Å². The van der Waals surface area contributed by atoms with Crippen molar-refractivity contribution in [2.45, 2.75) is 70.3 Å². The van der Waals surface area contributed by atoms with Crippen LogP contribution in [-0.4, -0.2) is 31.1 Å². The Bertz CT molecular complexity index is 1750. The first kappa shape index (κ1) is 33.3. The van der Waals surface area contributed by atoms with E-state index in [1.54, 1.807) is 0 Å². The average Bonchev–Trinajstić information content (AvgIpc) is 3.03. The average molecular weight is 652 g/mol. The SMILES string of the molecule is CCOC(=O)CCCCC[n+]1c2c(c(-c3ccccc3)c3c1-c1ccccc1CC3)CCc1ccccc1-2.O=S(=O)([O-])C(F)(F)F. The minimum Gasteiger partial charge on any atom is -0.741 e. The molecule has 0 saturated carbocycles. The molecule has 3 aromatic carbocycles. The molecule has 0 amide bonds. The van der Waals surface area contributed by atoms with E-state index in [9.17, 15) is 18.0 Å². The zero-order valence-electron chi connectivity index (χ0n) is 25.6. The highest BCUT2D eigenvalue weighted by molar-refractivity contribution is 7.86. The molecule has 2 aliphatic carbocycles. The monoisotopic (exact) mass is 651 g/mol. The van der Waals surface area contributed by atoms with Gasteiger partial charge in [-0.3, -0.25) is 4.79 Å². The van der Waals surface area contributed by atoms with Gasteiger partial charge in [0.2, 0.25) is 11.4 Å². The zero-order chi connectivity index (χ0) is 32.9. The lowest BCUT2D eigenvalue weighted by atomic mass is 9.77. The van der Waals surface area contributed by atoms with E-state index in [-0.39, 0.29) is 5.97 Å². The number of aromatic nitrogens is 1. The molecule has 0 unspecified atom stereocenters. The van der Waals surface area contributed by atoms with Crippen molar-refractivity contribution in [2.75, 3.05) is 6.61 Å². The number of esters is 1. The van der Waals surface area contributed by atoms with Gasteiger partial charge in [-0.2, -0.15) is 17.7 Å². The van der Waals surface area contributed by atoms with E-state index in [0.29, 0.717) is 13.0 Å². The molecule has 0 radical (unpaired) electrons. The Balaban J connectivity index is 0.000000463. The number of ether oxygens (including phenoxy) is 1. The van der Waals surface area contributed by atoms with Crippen LogP contribution >= 0.6 is 0 Å².